The number of hydrogen-bond donors (Lipinski definition) is 1. The van der Waals surface area contributed by atoms with Crippen LogP contribution in [0, 0.1) is 5.41 Å². The zero-order chi connectivity index (χ0) is 7.83. The summed E-state index contributed by atoms with van der Waals surface area (Å²) in [5.41, 5.74) is 6.21. The number of methoxy groups -OCH3 is 1. The smallest absolute Gasteiger partial charge is 0.0536 e. The van der Waals surface area contributed by atoms with Gasteiger partial charge in [-0.3, -0.25) is 0 Å². The molecule has 0 atom stereocenters. The highest BCUT2D eigenvalue weighted by Crippen LogP contribution is 2.52. The highest BCUT2D eigenvalue weighted by atomic mass is 16.5. The van der Waals surface area contributed by atoms with E-state index in [-0.39, 0.29) is 5.54 Å². The summed E-state index contributed by atoms with van der Waals surface area (Å²) >= 11 is 0. The molecule has 1 saturated carbocycles. The zero-order valence-electron chi connectivity index (χ0n) is 7.11. The molecule has 1 rings (SSSR count). The van der Waals surface area contributed by atoms with E-state index in [1.54, 1.807) is 7.11 Å². The largest absolute Gasteiger partial charge is 0.384 e. The van der Waals surface area contributed by atoms with Gasteiger partial charge in [0.05, 0.1) is 6.61 Å². The summed E-state index contributed by atoms with van der Waals surface area (Å²) in [4.78, 5) is 0. The Morgan fingerprint density at radius 2 is 2.00 bits per heavy atom. The van der Waals surface area contributed by atoms with Crippen LogP contribution in [0.3, 0.4) is 0 Å². The van der Waals surface area contributed by atoms with Crippen LogP contribution >= 0.6 is 0 Å². The minimum Gasteiger partial charge on any atom is -0.384 e. The fourth-order valence-corrected chi connectivity index (χ4v) is 1.40. The average molecular weight is 143 g/mol. The summed E-state index contributed by atoms with van der Waals surface area (Å²) < 4.78 is 5.12. The molecule has 1 fully saturated rings. The molecule has 1 aliphatic rings. The fraction of sp³-hybridized carbons (Fsp3) is 1.00. The first-order valence-corrected chi connectivity index (χ1v) is 3.80. The molecule has 2 nitrogen and oxygen atoms in total. The quantitative estimate of drug-likeness (QED) is 0.643. The predicted octanol–water partition coefficient (Wildman–Crippen LogP) is 1.15. The molecule has 0 aromatic heterocycles. The van der Waals surface area contributed by atoms with Crippen molar-refractivity contribution in [3.05, 3.63) is 0 Å². The second-order valence-electron chi connectivity index (χ2n) is 3.94. The Kier molecular flexibility index (Phi) is 1.77. The van der Waals surface area contributed by atoms with Crippen molar-refractivity contribution in [1.29, 1.82) is 0 Å². The molecule has 10 heavy (non-hydrogen) atoms. The van der Waals surface area contributed by atoms with Crippen molar-refractivity contribution in [3.8, 4) is 0 Å². The summed E-state index contributed by atoms with van der Waals surface area (Å²) in [6.45, 7) is 4.98. The van der Waals surface area contributed by atoms with E-state index in [0.717, 1.165) is 6.61 Å². The van der Waals surface area contributed by atoms with Gasteiger partial charge in [-0.15, -0.1) is 0 Å². The lowest BCUT2D eigenvalue weighted by atomic mass is 9.86. The Morgan fingerprint density at radius 1 is 1.50 bits per heavy atom. The van der Waals surface area contributed by atoms with Crippen LogP contribution in [0.2, 0.25) is 0 Å². The Bertz CT molecular complexity index is 122. The van der Waals surface area contributed by atoms with Crippen LogP contribution in [-0.2, 0) is 4.74 Å². The van der Waals surface area contributed by atoms with Gasteiger partial charge in [0.2, 0.25) is 0 Å². The van der Waals surface area contributed by atoms with Crippen molar-refractivity contribution in [3.63, 3.8) is 0 Å². The summed E-state index contributed by atoms with van der Waals surface area (Å²) in [6, 6.07) is 0. The Labute approximate surface area is 62.7 Å². The van der Waals surface area contributed by atoms with E-state index in [4.69, 9.17) is 10.5 Å². The van der Waals surface area contributed by atoms with E-state index in [0.29, 0.717) is 5.41 Å². The third kappa shape index (κ3) is 1.18. The van der Waals surface area contributed by atoms with E-state index in [2.05, 4.69) is 13.8 Å². The maximum atomic E-state index is 5.98. The van der Waals surface area contributed by atoms with Gasteiger partial charge in [-0.25, -0.2) is 0 Å². The maximum Gasteiger partial charge on any atom is 0.0536 e. The van der Waals surface area contributed by atoms with Crippen molar-refractivity contribution < 1.29 is 4.74 Å². The van der Waals surface area contributed by atoms with Crippen molar-refractivity contribution in [1.82, 2.24) is 0 Å². The topological polar surface area (TPSA) is 35.2 Å². The standard InChI is InChI=1S/C8H17NO/c1-7(2,9)8(4-5-8)6-10-3/h4-6,9H2,1-3H3. The predicted molar refractivity (Wildman–Crippen MR) is 41.8 cm³/mol. The molecule has 0 radical (unpaired) electrons. The molecule has 0 aromatic rings. The second kappa shape index (κ2) is 2.21. The molecule has 1 aliphatic carbocycles. The lowest BCUT2D eigenvalue weighted by Crippen LogP contribution is -2.44. The SMILES string of the molecule is COCC1(C(C)(C)N)CC1. The van der Waals surface area contributed by atoms with Gasteiger partial charge in [0.25, 0.3) is 0 Å². The number of nitrogens with two attached hydrogens (primary N) is 1. The van der Waals surface area contributed by atoms with Crippen LogP contribution in [0.25, 0.3) is 0 Å². The molecule has 0 spiro atoms. The van der Waals surface area contributed by atoms with Crippen molar-refractivity contribution in [2.24, 2.45) is 11.1 Å². The van der Waals surface area contributed by atoms with Crippen molar-refractivity contribution >= 4 is 0 Å². The third-order valence-corrected chi connectivity index (χ3v) is 2.64. The van der Waals surface area contributed by atoms with Crippen LogP contribution < -0.4 is 5.73 Å². The summed E-state index contributed by atoms with van der Waals surface area (Å²) in [6.07, 6.45) is 2.45. The second-order valence-corrected chi connectivity index (χ2v) is 3.94. The van der Waals surface area contributed by atoms with Crippen LogP contribution in [0.1, 0.15) is 26.7 Å². The van der Waals surface area contributed by atoms with Crippen molar-refractivity contribution in [2.45, 2.75) is 32.2 Å². The van der Waals surface area contributed by atoms with Gasteiger partial charge in [0.15, 0.2) is 0 Å². The Hall–Kier alpha value is -0.0800. The highest BCUT2D eigenvalue weighted by molar-refractivity contribution is 5.06. The monoisotopic (exact) mass is 143 g/mol. The lowest BCUT2D eigenvalue weighted by Gasteiger charge is -2.29. The zero-order valence-corrected chi connectivity index (χ0v) is 7.11. The summed E-state index contributed by atoms with van der Waals surface area (Å²) in [5.74, 6) is 0. The van der Waals surface area contributed by atoms with Gasteiger partial charge in [0, 0.05) is 18.1 Å². The molecular formula is C8H17NO. The first kappa shape index (κ1) is 8.02. The molecule has 0 unspecified atom stereocenters. The van der Waals surface area contributed by atoms with Crippen LogP contribution in [0.15, 0.2) is 0 Å². The van der Waals surface area contributed by atoms with Crippen LogP contribution in [0.4, 0.5) is 0 Å². The Morgan fingerprint density at radius 3 is 2.10 bits per heavy atom. The van der Waals surface area contributed by atoms with Gasteiger partial charge >= 0.3 is 0 Å². The Balaban J connectivity index is 2.52. The first-order chi connectivity index (χ1) is 4.52. The van der Waals surface area contributed by atoms with Gasteiger partial charge in [-0.1, -0.05) is 0 Å². The maximum absolute atomic E-state index is 5.98. The highest BCUT2D eigenvalue weighted by Gasteiger charge is 2.52. The van der Waals surface area contributed by atoms with Gasteiger partial charge < -0.3 is 10.5 Å². The minimum atomic E-state index is -0.0665. The molecule has 0 amide bonds. The third-order valence-electron chi connectivity index (χ3n) is 2.64. The summed E-state index contributed by atoms with van der Waals surface area (Å²) in [5, 5.41) is 0. The van der Waals surface area contributed by atoms with Gasteiger partial charge in [-0.2, -0.15) is 0 Å². The molecule has 0 aromatic carbocycles. The molecule has 60 valence electrons. The minimum absolute atomic E-state index is 0.0665. The van der Waals surface area contributed by atoms with Gasteiger partial charge in [-0.05, 0) is 26.7 Å². The van der Waals surface area contributed by atoms with Gasteiger partial charge in [0.1, 0.15) is 0 Å². The van der Waals surface area contributed by atoms with E-state index in [9.17, 15) is 0 Å². The first-order valence-electron chi connectivity index (χ1n) is 3.80. The van der Waals surface area contributed by atoms with Crippen LogP contribution in [-0.4, -0.2) is 19.3 Å². The molecule has 2 heteroatoms. The lowest BCUT2D eigenvalue weighted by molar-refractivity contribution is 0.102. The average Bonchev–Trinajstić information content (AvgIpc) is 2.45. The van der Waals surface area contributed by atoms with E-state index in [1.807, 2.05) is 0 Å². The van der Waals surface area contributed by atoms with E-state index >= 15 is 0 Å². The molecule has 0 bridgehead atoms. The number of rotatable bonds is 3. The van der Waals surface area contributed by atoms with Crippen LogP contribution in [0.5, 0.6) is 0 Å². The van der Waals surface area contributed by atoms with E-state index in [1.165, 1.54) is 12.8 Å². The molecule has 0 heterocycles. The molecule has 0 aliphatic heterocycles. The van der Waals surface area contributed by atoms with E-state index < -0.39 is 0 Å². The summed E-state index contributed by atoms with van der Waals surface area (Å²) in [7, 11) is 1.74. The normalized spacial score (nSPS) is 22.8. The molecule has 0 saturated heterocycles. The number of ether oxygens (including phenoxy) is 1. The number of hydrogen-bond acceptors (Lipinski definition) is 2. The van der Waals surface area contributed by atoms with Crippen molar-refractivity contribution in [2.75, 3.05) is 13.7 Å². The molecule has 2 N–H and O–H groups in total. The fourth-order valence-electron chi connectivity index (χ4n) is 1.40. The molecular weight excluding hydrogens is 126 g/mol.